The van der Waals surface area contributed by atoms with Crippen molar-refractivity contribution in [2.75, 3.05) is 4.90 Å². The van der Waals surface area contributed by atoms with E-state index in [2.05, 4.69) is 189 Å². The fourth-order valence-corrected chi connectivity index (χ4v) is 8.85. The van der Waals surface area contributed by atoms with Crippen LogP contribution in [0.25, 0.3) is 77.4 Å². The molecule has 0 amide bonds. The zero-order chi connectivity index (χ0) is 39.5. The van der Waals surface area contributed by atoms with E-state index in [-0.39, 0.29) is 32.0 Å². The molecule has 9 aromatic rings. The Morgan fingerprint density at radius 3 is 2.19 bits per heavy atom. The number of rotatable bonds is 4. The molecule has 0 aliphatic carbocycles. The number of ether oxygens (including phenoxy) is 1. The quantitative estimate of drug-likeness (QED) is 0.165. The molecule has 6 nitrogen and oxygen atoms in total. The third-order valence-electron chi connectivity index (χ3n) is 11.7. The summed E-state index contributed by atoms with van der Waals surface area (Å²) in [4.78, 5) is 9.29. The first-order valence-corrected chi connectivity index (χ1v) is 20.0. The van der Waals surface area contributed by atoms with Crippen LogP contribution in [0, 0.1) is 18.8 Å². The standard InChI is InChI=1S/C52H42N5O.Pt/c1-51(2,3)33-25-26-53-47(29-33)56-44-23-24-45-48(39-17-8-7-15-37(39)40-18-12-19-41-38-16-9-10-20-43(38)57(45)50(40)41)49(44)42-22-21-36(31-46(42)56)58-35-14-11-13-34(30-35)54-27-28-55(32-54)52(4,5)6;/h7-29,32H,1-6H3;/q-3;. The van der Waals surface area contributed by atoms with E-state index >= 15 is 0 Å². The van der Waals surface area contributed by atoms with Crippen molar-refractivity contribution in [3.8, 4) is 45.3 Å². The molecule has 0 saturated carbocycles. The minimum absolute atomic E-state index is 0. The summed E-state index contributed by atoms with van der Waals surface area (Å²) in [7, 11) is 0. The van der Waals surface area contributed by atoms with Crippen molar-refractivity contribution in [3.63, 3.8) is 0 Å². The molecule has 0 spiro atoms. The normalized spacial score (nSPS) is 13.6. The van der Waals surface area contributed by atoms with Gasteiger partial charge in [-0.3, -0.25) is 0 Å². The predicted molar refractivity (Wildman–Crippen MR) is 238 cm³/mol. The molecule has 0 unspecified atom stereocenters. The smallest absolute Gasteiger partial charge is 0.135 e. The first-order valence-electron chi connectivity index (χ1n) is 20.0. The van der Waals surface area contributed by atoms with Crippen molar-refractivity contribution in [2.24, 2.45) is 0 Å². The second-order valence-electron chi connectivity index (χ2n) is 17.4. The van der Waals surface area contributed by atoms with Crippen LogP contribution < -0.4 is 9.64 Å². The molecular formula is C52H42N5OPt-3. The average molecular weight is 948 g/mol. The Morgan fingerprint density at radius 2 is 1.37 bits per heavy atom. The van der Waals surface area contributed by atoms with Crippen LogP contribution in [0.4, 0.5) is 5.69 Å². The van der Waals surface area contributed by atoms with E-state index in [1.54, 1.807) is 0 Å². The van der Waals surface area contributed by atoms with Crippen LogP contribution in [0.3, 0.4) is 0 Å². The third-order valence-corrected chi connectivity index (χ3v) is 11.7. The second-order valence-corrected chi connectivity index (χ2v) is 17.4. The molecule has 5 heterocycles. The Kier molecular flexibility index (Phi) is 8.49. The third kappa shape index (κ3) is 5.83. The number of pyridine rings is 1. The molecule has 0 fully saturated rings. The number of para-hydroxylation sites is 2. The molecule has 0 atom stereocenters. The first-order chi connectivity index (χ1) is 28.0. The molecule has 0 bridgehead atoms. The number of fused-ring (bicyclic) bond motifs is 12. The summed E-state index contributed by atoms with van der Waals surface area (Å²) in [6.45, 7) is 15.4. The number of nitrogens with zero attached hydrogens (tertiary/aromatic N) is 5. The first kappa shape index (κ1) is 37.2. The number of benzene rings is 6. The summed E-state index contributed by atoms with van der Waals surface area (Å²) in [6, 6.07) is 50.7. The zero-order valence-corrected chi connectivity index (χ0v) is 36.1. The molecule has 2 aliphatic rings. The number of hydrogen-bond donors (Lipinski definition) is 0. The molecule has 11 rings (SSSR count). The fraction of sp³-hybridized carbons (Fsp3) is 0.154. The predicted octanol–water partition coefficient (Wildman–Crippen LogP) is 13.1. The van der Waals surface area contributed by atoms with Gasteiger partial charge in [-0.1, -0.05) is 87.0 Å². The van der Waals surface area contributed by atoms with Crippen molar-refractivity contribution in [3.05, 3.63) is 164 Å². The van der Waals surface area contributed by atoms with Crippen LogP contribution in [0.2, 0.25) is 0 Å². The van der Waals surface area contributed by atoms with Gasteiger partial charge in [0.15, 0.2) is 0 Å². The molecule has 7 heteroatoms. The van der Waals surface area contributed by atoms with Gasteiger partial charge in [-0.15, -0.1) is 41.4 Å². The maximum atomic E-state index is 6.63. The summed E-state index contributed by atoms with van der Waals surface area (Å²) in [5.41, 5.74) is 12.4. The molecule has 2 aliphatic heterocycles. The van der Waals surface area contributed by atoms with Crippen molar-refractivity contribution in [2.45, 2.75) is 52.5 Å². The van der Waals surface area contributed by atoms with Crippen LogP contribution in [0.15, 0.2) is 140 Å². The van der Waals surface area contributed by atoms with Crippen molar-refractivity contribution < 1.29 is 25.8 Å². The second kappa shape index (κ2) is 13.5. The van der Waals surface area contributed by atoms with E-state index in [9.17, 15) is 0 Å². The molecule has 0 radical (unpaired) electrons. The van der Waals surface area contributed by atoms with Crippen LogP contribution in [-0.4, -0.2) is 24.6 Å². The maximum Gasteiger partial charge on any atom is 0.135 e. The van der Waals surface area contributed by atoms with Gasteiger partial charge in [-0.2, -0.15) is 18.8 Å². The van der Waals surface area contributed by atoms with Gasteiger partial charge in [0.05, 0.1) is 16.7 Å². The minimum atomic E-state index is -0.0657. The Balaban J connectivity index is 0.00000420. The van der Waals surface area contributed by atoms with Gasteiger partial charge in [0.2, 0.25) is 0 Å². The van der Waals surface area contributed by atoms with E-state index in [4.69, 9.17) is 9.72 Å². The topological polar surface area (TPSA) is 38.5 Å². The summed E-state index contributed by atoms with van der Waals surface area (Å²) < 4.78 is 11.4. The summed E-state index contributed by atoms with van der Waals surface area (Å²) in [5.74, 6) is 2.06. The number of aromatic nitrogens is 3. The van der Waals surface area contributed by atoms with Crippen LogP contribution in [-0.2, 0) is 26.5 Å². The van der Waals surface area contributed by atoms with Crippen molar-refractivity contribution in [1.29, 1.82) is 0 Å². The summed E-state index contributed by atoms with van der Waals surface area (Å²) in [5, 5.41) is 4.73. The Morgan fingerprint density at radius 1 is 0.627 bits per heavy atom. The largest absolute Gasteiger partial charge is 0.509 e. The van der Waals surface area contributed by atoms with Gasteiger partial charge in [-0.05, 0) is 91.0 Å². The van der Waals surface area contributed by atoms with Crippen molar-refractivity contribution >= 4 is 49.3 Å². The molecule has 294 valence electrons. The Labute approximate surface area is 359 Å². The average Bonchev–Trinajstić information content (AvgIpc) is 3.92. The van der Waals surface area contributed by atoms with Gasteiger partial charge in [-0.25, -0.2) is 4.98 Å². The number of hydrogen-bond acceptors (Lipinski definition) is 4. The minimum Gasteiger partial charge on any atom is -0.509 e. The SMILES string of the molecule is CC(C)(C)c1ccnc(-n2c3[c-]c(Oc4[c-]c(N5C=CN(C(C)(C)C)[CH-]5)ccc4)ccc3c3c4c(ccc32)-n2c3ccccc3c3cccc(c32)-c2ccccc2-4)c1.[Pt]. The van der Waals surface area contributed by atoms with Gasteiger partial charge in [0, 0.05) is 71.7 Å². The van der Waals surface area contributed by atoms with Crippen molar-refractivity contribution in [1.82, 2.24) is 19.0 Å². The molecule has 0 saturated heterocycles. The summed E-state index contributed by atoms with van der Waals surface area (Å²) in [6.07, 6.45) is 6.07. The Hall–Kier alpha value is -6.10. The van der Waals surface area contributed by atoms with Gasteiger partial charge in [0.1, 0.15) is 5.82 Å². The van der Waals surface area contributed by atoms with E-state index < -0.39 is 0 Å². The van der Waals surface area contributed by atoms with E-state index in [0.29, 0.717) is 11.5 Å². The molecule has 0 N–H and O–H groups in total. The molecular weight excluding hydrogens is 906 g/mol. The number of anilines is 1. The van der Waals surface area contributed by atoms with E-state index in [1.165, 1.54) is 49.6 Å². The van der Waals surface area contributed by atoms with Gasteiger partial charge >= 0.3 is 0 Å². The Bertz CT molecular complexity index is 3180. The van der Waals surface area contributed by atoms with E-state index in [1.807, 2.05) is 30.5 Å². The van der Waals surface area contributed by atoms with Gasteiger partial charge < -0.3 is 23.7 Å². The van der Waals surface area contributed by atoms with Crippen LogP contribution in [0.1, 0.15) is 47.1 Å². The molecule has 59 heavy (non-hydrogen) atoms. The molecule has 6 aromatic carbocycles. The summed E-state index contributed by atoms with van der Waals surface area (Å²) >= 11 is 0. The maximum absolute atomic E-state index is 6.63. The fourth-order valence-electron chi connectivity index (χ4n) is 8.85. The molecule has 3 aromatic heterocycles. The van der Waals surface area contributed by atoms with Crippen LogP contribution >= 0.6 is 0 Å². The zero-order valence-electron chi connectivity index (χ0n) is 33.8. The van der Waals surface area contributed by atoms with Crippen LogP contribution in [0.5, 0.6) is 11.5 Å². The monoisotopic (exact) mass is 947 g/mol. The van der Waals surface area contributed by atoms with Gasteiger partial charge in [0.25, 0.3) is 0 Å². The van der Waals surface area contributed by atoms with E-state index in [0.717, 1.165) is 39.0 Å².